The summed E-state index contributed by atoms with van der Waals surface area (Å²) in [7, 11) is 0. The van der Waals surface area contributed by atoms with Gasteiger partial charge in [0.15, 0.2) is 22.8 Å². The van der Waals surface area contributed by atoms with Crippen LogP contribution in [0.1, 0.15) is 25.5 Å². The highest BCUT2D eigenvalue weighted by Crippen LogP contribution is 2.25. The molecule has 3 aromatic heterocycles. The number of para-hydroxylation sites is 1. The maximum Gasteiger partial charge on any atom is 0.226 e. The molecule has 0 bridgehead atoms. The third-order valence-corrected chi connectivity index (χ3v) is 5.71. The molecule has 32 heavy (non-hydrogen) atoms. The fourth-order valence-electron chi connectivity index (χ4n) is 3.86. The number of morpholine rings is 1. The Morgan fingerprint density at radius 2 is 1.94 bits per heavy atom. The largest absolute Gasteiger partial charge is 0.378 e. The number of aromatic nitrogens is 6. The number of anilines is 2. The van der Waals surface area contributed by atoms with Crippen molar-refractivity contribution in [2.75, 3.05) is 36.5 Å². The molecule has 0 saturated carbocycles. The Kier molecular flexibility index (Phi) is 5.67. The second kappa shape index (κ2) is 8.76. The molecule has 0 unspecified atom stereocenters. The minimum absolute atomic E-state index is 0.193. The first-order valence-corrected chi connectivity index (χ1v) is 11.1. The van der Waals surface area contributed by atoms with Crippen molar-refractivity contribution in [3.8, 4) is 5.69 Å². The van der Waals surface area contributed by atoms with Crippen LogP contribution in [0.5, 0.6) is 0 Å². The van der Waals surface area contributed by atoms with E-state index in [1.807, 2.05) is 33.6 Å². The zero-order valence-electron chi connectivity index (χ0n) is 18.1. The molecule has 1 saturated heterocycles. The smallest absolute Gasteiger partial charge is 0.226 e. The van der Waals surface area contributed by atoms with Gasteiger partial charge in [0, 0.05) is 37.9 Å². The van der Waals surface area contributed by atoms with Crippen LogP contribution in [0.2, 0.25) is 5.28 Å². The maximum absolute atomic E-state index is 6.21. The van der Waals surface area contributed by atoms with Crippen LogP contribution >= 0.6 is 11.6 Å². The monoisotopic (exact) mass is 452 g/mol. The molecule has 9 nitrogen and oxygen atoms in total. The second-order valence-electron chi connectivity index (χ2n) is 7.96. The summed E-state index contributed by atoms with van der Waals surface area (Å²) in [6, 6.07) is 10.4. The number of fused-ring (bicyclic) bond motifs is 1. The normalized spacial score (nSPS) is 14.4. The van der Waals surface area contributed by atoms with Crippen LogP contribution in [0.3, 0.4) is 0 Å². The minimum atomic E-state index is 0.193. The third kappa shape index (κ3) is 4.01. The number of halogens is 1. The number of benzene rings is 1. The zero-order chi connectivity index (χ0) is 22.1. The molecular weight excluding hydrogens is 428 g/mol. The van der Waals surface area contributed by atoms with E-state index in [9.17, 15) is 0 Å². The molecule has 4 aromatic rings. The van der Waals surface area contributed by atoms with Crippen LogP contribution < -0.4 is 10.2 Å². The molecule has 0 atom stereocenters. The van der Waals surface area contributed by atoms with E-state index in [0.29, 0.717) is 17.9 Å². The molecule has 5 rings (SSSR count). The van der Waals surface area contributed by atoms with Gasteiger partial charge >= 0.3 is 0 Å². The van der Waals surface area contributed by atoms with Crippen molar-refractivity contribution in [2.45, 2.75) is 26.4 Å². The van der Waals surface area contributed by atoms with Gasteiger partial charge < -0.3 is 19.5 Å². The number of rotatable bonds is 6. The van der Waals surface area contributed by atoms with Gasteiger partial charge in [0.2, 0.25) is 5.28 Å². The topological polar surface area (TPSA) is 85.9 Å². The summed E-state index contributed by atoms with van der Waals surface area (Å²) in [5.74, 6) is 1.57. The SMILES string of the molecule is CC(C)n1cnc2c(NCc3ccccc3-n3ccc(N4CCOCC4)n3)nc(Cl)nc21. The van der Waals surface area contributed by atoms with Crippen LogP contribution in [0.15, 0.2) is 42.9 Å². The molecule has 1 aromatic carbocycles. The molecule has 4 heterocycles. The Morgan fingerprint density at radius 1 is 1.12 bits per heavy atom. The van der Waals surface area contributed by atoms with Crippen molar-refractivity contribution in [1.82, 2.24) is 29.3 Å². The number of ether oxygens (including phenoxy) is 1. The minimum Gasteiger partial charge on any atom is -0.378 e. The van der Waals surface area contributed by atoms with Crippen molar-refractivity contribution in [3.63, 3.8) is 0 Å². The molecule has 0 amide bonds. The van der Waals surface area contributed by atoms with Gasteiger partial charge in [0.05, 0.1) is 25.2 Å². The molecule has 0 aliphatic carbocycles. The fourth-order valence-corrected chi connectivity index (χ4v) is 4.03. The highest BCUT2D eigenvalue weighted by atomic mass is 35.5. The lowest BCUT2D eigenvalue weighted by Crippen LogP contribution is -2.36. The molecule has 0 spiro atoms. The van der Waals surface area contributed by atoms with Crippen LogP contribution in [0.4, 0.5) is 11.6 Å². The summed E-state index contributed by atoms with van der Waals surface area (Å²) < 4.78 is 9.35. The lowest BCUT2D eigenvalue weighted by molar-refractivity contribution is 0.122. The van der Waals surface area contributed by atoms with E-state index in [1.165, 1.54) is 0 Å². The number of imidazole rings is 1. The predicted octanol–water partition coefficient (Wildman–Crippen LogP) is 3.70. The average molecular weight is 453 g/mol. The number of nitrogens with zero attached hydrogens (tertiary/aromatic N) is 7. The van der Waals surface area contributed by atoms with Gasteiger partial charge in [0.25, 0.3) is 0 Å². The number of nitrogens with one attached hydrogen (secondary N) is 1. The summed E-state index contributed by atoms with van der Waals surface area (Å²) in [5.41, 5.74) is 3.51. The zero-order valence-corrected chi connectivity index (χ0v) is 18.8. The third-order valence-electron chi connectivity index (χ3n) is 5.55. The summed E-state index contributed by atoms with van der Waals surface area (Å²) in [4.78, 5) is 15.5. The van der Waals surface area contributed by atoms with Crippen molar-refractivity contribution < 1.29 is 4.74 Å². The molecule has 10 heteroatoms. The lowest BCUT2D eigenvalue weighted by Gasteiger charge is -2.26. The summed E-state index contributed by atoms with van der Waals surface area (Å²) in [6.07, 6.45) is 3.77. The van der Waals surface area contributed by atoms with Crippen molar-refractivity contribution in [2.24, 2.45) is 0 Å². The lowest BCUT2D eigenvalue weighted by atomic mass is 10.2. The van der Waals surface area contributed by atoms with E-state index in [2.05, 4.69) is 51.1 Å². The van der Waals surface area contributed by atoms with Gasteiger partial charge in [-0.1, -0.05) is 18.2 Å². The van der Waals surface area contributed by atoms with Crippen molar-refractivity contribution >= 4 is 34.4 Å². The van der Waals surface area contributed by atoms with Gasteiger partial charge in [0.1, 0.15) is 0 Å². The average Bonchev–Trinajstić information content (AvgIpc) is 3.46. The first-order chi connectivity index (χ1) is 15.6. The second-order valence-corrected chi connectivity index (χ2v) is 8.30. The van der Waals surface area contributed by atoms with Crippen LogP contribution in [-0.4, -0.2) is 55.6 Å². The Bertz CT molecular complexity index is 1230. The van der Waals surface area contributed by atoms with E-state index in [4.69, 9.17) is 21.4 Å². The van der Waals surface area contributed by atoms with E-state index in [-0.39, 0.29) is 11.3 Å². The first-order valence-electron chi connectivity index (χ1n) is 10.7. The number of hydrogen-bond donors (Lipinski definition) is 1. The van der Waals surface area contributed by atoms with Gasteiger partial charge in [-0.3, -0.25) is 0 Å². The molecule has 166 valence electrons. The standard InChI is InChI=1S/C22H25ClN8O/c1-15(2)30-14-25-19-20(26-22(23)27-21(19)30)24-13-16-5-3-4-6-17(16)31-8-7-18(28-31)29-9-11-32-12-10-29/h3-8,14-15H,9-13H2,1-2H3,(H,24,26,27). The summed E-state index contributed by atoms with van der Waals surface area (Å²) in [6.45, 7) is 7.87. The highest BCUT2D eigenvalue weighted by molar-refractivity contribution is 6.28. The van der Waals surface area contributed by atoms with Crippen LogP contribution in [-0.2, 0) is 11.3 Å². The molecule has 1 aliphatic heterocycles. The van der Waals surface area contributed by atoms with E-state index in [1.54, 1.807) is 6.33 Å². The Morgan fingerprint density at radius 3 is 2.75 bits per heavy atom. The van der Waals surface area contributed by atoms with Gasteiger partial charge in [-0.15, -0.1) is 0 Å². The summed E-state index contributed by atoms with van der Waals surface area (Å²) >= 11 is 6.21. The Balaban J connectivity index is 1.41. The van der Waals surface area contributed by atoms with E-state index < -0.39 is 0 Å². The van der Waals surface area contributed by atoms with Gasteiger partial charge in [-0.25, -0.2) is 9.67 Å². The van der Waals surface area contributed by atoms with Gasteiger partial charge in [-0.2, -0.15) is 15.1 Å². The van der Waals surface area contributed by atoms with Crippen molar-refractivity contribution in [1.29, 1.82) is 0 Å². The van der Waals surface area contributed by atoms with Crippen LogP contribution in [0.25, 0.3) is 16.9 Å². The molecule has 0 radical (unpaired) electrons. The Labute approximate surface area is 191 Å². The highest BCUT2D eigenvalue weighted by Gasteiger charge is 2.16. The van der Waals surface area contributed by atoms with E-state index >= 15 is 0 Å². The summed E-state index contributed by atoms with van der Waals surface area (Å²) in [5, 5.41) is 8.39. The molecule has 1 aliphatic rings. The maximum atomic E-state index is 6.21. The Hall–Kier alpha value is -3.17. The molecular formula is C22H25ClN8O. The van der Waals surface area contributed by atoms with Crippen molar-refractivity contribution in [3.05, 3.63) is 53.7 Å². The van der Waals surface area contributed by atoms with Gasteiger partial charge in [-0.05, 0) is 37.1 Å². The van der Waals surface area contributed by atoms with Crippen LogP contribution in [0, 0.1) is 0 Å². The quantitative estimate of drug-likeness (QED) is 0.446. The molecule has 1 fully saturated rings. The number of hydrogen-bond acceptors (Lipinski definition) is 7. The molecule has 1 N–H and O–H groups in total. The predicted molar refractivity (Wildman–Crippen MR) is 125 cm³/mol. The van der Waals surface area contributed by atoms with E-state index in [0.717, 1.165) is 49.0 Å². The first kappa shape index (κ1) is 20.7. The fraction of sp³-hybridized carbons (Fsp3) is 0.364.